The van der Waals surface area contributed by atoms with Crippen LogP contribution in [0.5, 0.6) is 11.5 Å². The monoisotopic (exact) mass is 659 g/mol. The second-order valence-corrected chi connectivity index (χ2v) is 11.0. The summed E-state index contributed by atoms with van der Waals surface area (Å²) in [5.41, 5.74) is 1.79. The van der Waals surface area contributed by atoms with Gasteiger partial charge in [-0.15, -0.1) is 0 Å². The van der Waals surface area contributed by atoms with E-state index in [1.807, 2.05) is 42.5 Å². The first-order chi connectivity index (χ1) is 18.3. The maximum absolute atomic E-state index is 14.2. The van der Waals surface area contributed by atoms with Crippen molar-refractivity contribution in [2.24, 2.45) is 0 Å². The van der Waals surface area contributed by atoms with Gasteiger partial charge in [-0.1, -0.05) is 54.1 Å². The average Bonchev–Trinajstić information content (AvgIpc) is 3.16. The van der Waals surface area contributed by atoms with Gasteiger partial charge < -0.3 is 9.47 Å². The summed E-state index contributed by atoms with van der Waals surface area (Å²) in [4.78, 5) is 27.4. The molecule has 0 radical (unpaired) electrons. The van der Waals surface area contributed by atoms with E-state index in [1.54, 1.807) is 24.3 Å². The second-order valence-electron chi connectivity index (χ2n) is 8.47. The number of hydrogen-bond acceptors (Lipinski definition) is 5. The Balaban J connectivity index is 1.35. The van der Waals surface area contributed by atoms with Crippen molar-refractivity contribution in [1.82, 2.24) is 4.90 Å². The number of hydrogen-bond donors (Lipinski definition) is 0. The number of thioether (sulfide) groups is 1. The Kier molecular flexibility index (Phi) is 7.92. The molecule has 0 bridgehead atoms. The van der Waals surface area contributed by atoms with Gasteiger partial charge >= 0.3 is 0 Å². The minimum Gasteiger partial charge on any atom is -0.493 e. The minimum absolute atomic E-state index is 0.0785. The molecular formula is C29H20ClFINO4S. The predicted octanol–water partition coefficient (Wildman–Crippen LogP) is 8.06. The van der Waals surface area contributed by atoms with Crippen molar-refractivity contribution in [3.63, 3.8) is 0 Å². The van der Waals surface area contributed by atoms with Gasteiger partial charge in [0, 0.05) is 5.56 Å². The Morgan fingerprint density at radius 1 is 1.03 bits per heavy atom. The van der Waals surface area contributed by atoms with Gasteiger partial charge in [-0.2, -0.15) is 0 Å². The molecule has 192 valence electrons. The van der Waals surface area contributed by atoms with Crippen LogP contribution >= 0.6 is 46.0 Å². The Hall–Kier alpha value is -3.08. The number of ether oxygens (including phenoxy) is 2. The molecule has 1 heterocycles. The van der Waals surface area contributed by atoms with Crippen LogP contribution in [0.3, 0.4) is 0 Å². The van der Waals surface area contributed by atoms with E-state index in [9.17, 15) is 14.0 Å². The second kappa shape index (κ2) is 11.3. The van der Waals surface area contributed by atoms with Gasteiger partial charge in [0.2, 0.25) is 0 Å². The van der Waals surface area contributed by atoms with Gasteiger partial charge in [0.1, 0.15) is 12.4 Å². The summed E-state index contributed by atoms with van der Waals surface area (Å²) in [6, 6.07) is 21.8. The maximum atomic E-state index is 14.2. The van der Waals surface area contributed by atoms with Crippen LogP contribution in [0.4, 0.5) is 9.18 Å². The van der Waals surface area contributed by atoms with E-state index in [4.69, 9.17) is 21.1 Å². The summed E-state index contributed by atoms with van der Waals surface area (Å²) < 4.78 is 26.2. The number of imide groups is 1. The van der Waals surface area contributed by atoms with Crippen molar-refractivity contribution in [1.29, 1.82) is 0 Å². The zero-order valence-electron chi connectivity index (χ0n) is 20.0. The quantitative estimate of drug-likeness (QED) is 0.148. The molecule has 1 aliphatic heterocycles. The lowest BCUT2D eigenvalue weighted by Crippen LogP contribution is -2.27. The zero-order chi connectivity index (χ0) is 26.8. The summed E-state index contributed by atoms with van der Waals surface area (Å²) >= 11 is 9.11. The molecule has 1 saturated heterocycles. The van der Waals surface area contributed by atoms with Crippen LogP contribution in [0.15, 0.2) is 77.7 Å². The van der Waals surface area contributed by atoms with Gasteiger partial charge in [0.05, 0.1) is 27.2 Å². The zero-order valence-corrected chi connectivity index (χ0v) is 23.8. The molecule has 0 atom stereocenters. The number of halogens is 3. The number of fused-ring (bicyclic) bond motifs is 1. The summed E-state index contributed by atoms with van der Waals surface area (Å²) in [5.74, 6) is 0.0270. The molecule has 1 aliphatic rings. The SMILES string of the molecule is COc1cc(/C=C2\SC(=O)N(Cc3ccc4ccccc4c3)C2=O)cc(I)c1OCc1c(F)cccc1Cl. The van der Waals surface area contributed by atoms with Crippen LogP contribution in [-0.4, -0.2) is 23.2 Å². The van der Waals surface area contributed by atoms with Crippen LogP contribution in [0.1, 0.15) is 16.7 Å². The summed E-state index contributed by atoms with van der Waals surface area (Å²) in [5, 5.41) is 2.10. The lowest BCUT2D eigenvalue weighted by atomic mass is 10.1. The van der Waals surface area contributed by atoms with Gasteiger partial charge in [0.15, 0.2) is 11.5 Å². The Morgan fingerprint density at radius 3 is 2.58 bits per heavy atom. The number of methoxy groups -OCH3 is 1. The first kappa shape index (κ1) is 26.5. The lowest BCUT2D eigenvalue weighted by Gasteiger charge is -2.15. The third kappa shape index (κ3) is 5.52. The number of benzene rings is 4. The van der Waals surface area contributed by atoms with E-state index in [-0.39, 0.29) is 34.9 Å². The van der Waals surface area contributed by atoms with Crippen LogP contribution in [0.2, 0.25) is 5.02 Å². The third-order valence-electron chi connectivity index (χ3n) is 6.00. The highest BCUT2D eigenvalue weighted by Crippen LogP contribution is 2.38. The normalized spacial score (nSPS) is 14.5. The highest BCUT2D eigenvalue weighted by Gasteiger charge is 2.35. The standard InChI is InChI=1S/C29H20ClFINO4S/c1-36-25-13-18(12-24(32)27(25)37-16-21-22(30)7-4-8-23(21)31)14-26-28(34)33(29(35)38-26)15-17-9-10-19-5-2-3-6-20(19)11-17/h2-14H,15-16H2,1H3/b26-14-. The Morgan fingerprint density at radius 2 is 1.82 bits per heavy atom. The molecule has 0 unspecified atom stereocenters. The van der Waals surface area contributed by atoms with E-state index in [0.717, 1.165) is 28.1 Å². The first-order valence-electron chi connectivity index (χ1n) is 11.5. The topological polar surface area (TPSA) is 55.8 Å². The molecule has 4 aromatic rings. The summed E-state index contributed by atoms with van der Waals surface area (Å²) in [6.45, 7) is 0.115. The van der Waals surface area contributed by atoms with Crippen LogP contribution < -0.4 is 9.47 Å². The molecule has 0 aliphatic carbocycles. The molecule has 0 aromatic heterocycles. The number of rotatable bonds is 7. The molecule has 9 heteroatoms. The molecule has 0 N–H and O–H groups in total. The summed E-state index contributed by atoms with van der Waals surface area (Å²) in [7, 11) is 1.50. The van der Waals surface area contributed by atoms with Crippen molar-refractivity contribution in [2.75, 3.05) is 7.11 Å². The van der Waals surface area contributed by atoms with Crippen LogP contribution in [0.25, 0.3) is 16.8 Å². The highest BCUT2D eigenvalue weighted by molar-refractivity contribution is 14.1. The van der Waals surface area contributed by atoms with Gasteiger partial charge in [-0.05, 0) is 92.7 Å². The number of carbonyl (C=O) groups excluding carboxylic acids is 2. The van der Waals surface area contributed by atoms with E-state index < -0.39 is 5.82 Å². The van der Waals surface area contributed by atoms with Crippen molar-refractivity contribution in [2.45, 2.75) is 13.2 Å². The van der Waals surface area contributed by atoms with E-state index >= 15 is 0 Å². The van der Waals surface area contributed by atoms with Crippen molar-refractivity contribution < 1.29 is 23.5 Å². The third-order valence-corrected chi connectivity index (χ3v) is 8.06. The van der Waals surface area contributed by atoms with Crippen molar-refractivity contribution >= 4 is 73.9 Å². The van der Waals surface area contributed by atoms with E-state index in [1.165, 1.54) is 24.1 Å². The first-order valence-corrected chi connectivity index (χ1v) is 13.8. The predicted molar refractivity (Wildman–Crippen MR) is 157 cm³/mol. The fraction of sp³-hybridized carbons (Fsp3) is 0.103. The van der Waals surface area contributed by atoms with Crippen molar-refractivity contribution in [3.8, 4) is 11.5 Å². The fourth-order valence-corrected chi connectivity index (χ4v) is 5.92. The molecule has 5 nitrogen and oxygen atoms in total. The smallest absolute Gasteiger partial charge is 0.293 e. The molecule has 38 heavy (non-hydrogen) atoms. The highest BCUT2D eigenvalue weighted by atomic mass is 127. The van der Waals surface area contributed by atoms with E-state index in [2.05, 4.69) is 22.6 Å². The average molecular weight is 660 g/mol. The number of carbonyl (C=O) groups is 2. The largest absolute Gasteiger partial charge is 0.493 e. The molecule has 5 rings (SSSR count). The van der Waals surface area contributed by atoms with Gasteiger partial charge in [-0.3, -0.25) is 14.5 Å². The maximum Gasteiger partial charge on any atom is 0.293 e. The van der Waals surface area contributed by atoms with Gasteiger partial charge in [0.25, 0.3) is 11.1 Å². The van der Waals surface area contributed by atoms with Crippen LogP contribution in [-0.2, 0) is 17.9 Å². The number of nitrogens with zero attached hydrogens (tertiary/aromatic N) is 1. The molecule has 2 amide bonds. The summed E-state index contributed by atoms with van der Waals surface area (Å²) in [6.07, 6.45) is 1.66. The fourth-order valence-electron chi connectivity index (χ4n) is 4.09. The van der Waals surface area contributed by atoms with E-state index in [0.29, 0.717) is 25.5 Å². The van der Waals surface area contributed by atoms with Crippen LogP contribution in [0, 0.1) is 9.39 Å². The lowest BCUT2D eigenvalue weighted by molar-refractivity contribution is -0.123. The van der Waals surface area contributed by atoms with Gasteiger partial charge in [-0.25, -0.2) is 4.39 Å². The Bertz CT molecular complexity index is 1590. The molecule has 0 spiro atoms. The minimum atomic E-state index is -0.456. The molecular weight excluding hydrogens is 640 g/mol. The Labute approximate surface area is 241 Å². The number of amides is 2. The molecule has 1 fully saturated rings. The molecule has 0 saturated carbocycles. The molecule has 4 aromatic carbocycles. The van der Waals surface area contributed by atoms with Crippen molar-refractivity contribution in [3.05, 3.63) is 109 Å².